The minimum absolute atomic E-state index is 0.0118. The molecule has 0 aliphatic heterocycles. The SMILES string of the molecule is Cc1ccc(NC(=O)Cn2nnc(-c3cccc(C(F)(F)F)c3)n2)c(Cl)c1. The second kappa shape index (κ2) is 7.36. The summed E-state index contributed by atoms with van der Waals surface area (Å²) in [6, 6.07) is 9.73. The van der Waals surface area contributed by atoms with E-state index in [4.69, 9.17) is 11.6 Å². The molecule has 0 fully saturated rings. The Morgan fingerprint density at radius 1 is 1.22 bits per heavy atom. The van der Waals surface area contributed by atoms with E-state index in [1.807, 2.05) is 6.92 Å². The highest BCUT2D eigenvalue weighted by Crippen LogP contribution is 2.31. The van der Waals surface area contributed by atoms with Crippen molar-refractivity contribution in [3.63, 3.8) is 0 Å². The molecule has 1 amide bonds. The third-order valence-electron chi connectivity index (χ3n) is 3.58. The van der Waals surface area contributed by atoms with Gasteiger partial charge in [0.05, 0.1) is 16.3 Å². The third-order valence-corrected chi connectivity index (χ3v) is 3.90. The molecule has 0 aliphatic rings. The molecule has 140 valence electrons. The monoisotopic (exact) mass is 395 g/mol. The number of carbonyl (C=O) groups excluding carboxylic acids is 1. The molecule has 27 heavy (non-hydrogen) atoms. The first kappa shape index (κ1) is 18.8. The number of tetrazole rings is 1. The maximum absolute atomic E-state index is 12.8. The number of hydrogen-bond acceptors (Lipinski definition) is 4. The Balaban J connectivity index is 1.72. The van der Waals surface area contributed by atoms with E-state index in [2.05, 4.69) is 20.7 Å². The molecule has 0 saturated heterocycles. The number of benzene rings is 2. The van der Waals surface area contributed by atoms with Crippen LogP contribution < -0.4 is 5.32 Å². The van der Waals surface area contributed by atoms with Crippen molar-refractivity contribution in [1.82, 2.24) is 20.2 Å². The van der Waals surface area contributed by atoms with Gasteiger partial charge in [-0.05, 0) is 42.0 Å². The lowest BCUT2D eigenvalue weighted by molar-refractivity contribution is -0.137. The summed E-state index contributed by atoms with van der Waals surface area (Å²) in [6.45, 7) is 1.60. The number of alkyl halides is 3. The Morgan fingerprint density at radius 3 is 2.70 bits per heavy atom. The molecule has 1 N–H and O–H groups in total. The molecular weight excluding hydrogens is 383 g/mol. The van der Waals surface area contributed by atoms with Gasteiger partial charge >= 0.3 is 6.18 Å². The summed E-state index contributed by atoms with van der Waals surface area (Å²) in [4.78, 5) is 13.1. The number of aryl methyl sites for hydroxylation is 1. The maximum Gasteiger partial charge on any atom is 0.416 e. The molecule has 1 aromatic heterocycles. The summed E-state index contributed by atoms with van der Waals surface area (Å²) in [5.74, 6) is -0.462. The Kier molecular flexibility index (Phi) is 5.13. The van der Waals surface area contributed by atoms with Gasteiger partial charge in [0.15, 0.2) is 0 Å². The van der Waals surface area contributed by atoms with E-state index in [1.165, 1.54) is 12.1 Å². The summed E-state index contributed by atoms with van der Waals surface area (Å²) in [7, 11) is 0. The second-order valence-electron chi connectivity index (χ2n) is 5.75. The van der Waals surface area contributed by atoms with Crippen molar-refractivity contribution in [2.75, 3.05) is 5.32 Å². The Morgan fingerprint density at radius 2 is 2.00 bits per heavy atom. The number of halogens is 4. The molecule has 0 radical (unpaired) electrons. The third kappa shape index (κ3) is 4.62. The zero-order valence-corrected chi connectivity index (χ0v) is 14.7. The quantitative estimate of drug-likeness (QED) is 0.725. The number of hydrogen-bond donors (Lipinski definition) is 1. The summed E-state index contributed by atoms with van der Waals surface area (Å²) in [5.41, 5.74) is 0.716. The van der Waals surface area contributed by atoms with Crippen molar-refractivity contribution in [2.45, 2.75) is 19.6 Å². The highest BCUT2D eigenvalue weighted by atomic mass is 35.5. The summed E-state index contributed by atoms with van der Waals surface area (Å²) >= 11 is 6.06. The largest absolute Gasteiger partial charge is 0.416 e. The fourth-order valence-corrected chi connectivity index (χ4v) is 2.58. The zero-order valence-electron chi connectivity index (χ0n) is 14.0. The van der Waals surface area contributed by atoms with Gasteiger partial charge in [-0.2, -0.15) is 18.0 Å². The summed E-state index contributed by atoms with van der Waals surface area (Å²) in [5, 5.41) is 14.4. The summed E-state index contributed by atoms with van der Waals surface area (Å²) < 4.78 is 38.4. The Hall–Kier alpha value is -2.94. The number of nitrogens with one attached hydrogen (secondary N) is 1. The van der Waals surface area contributed by atoms with Crippen LogP contribution in [0.3, 0.4) is 0 Å². The van der Waals surface area contributed by atoms with E-state index < -0.39 is 17.6 Å². The molecular formula is C17H13ClF3N5O. The van der Waals surface area contributed by atoms with Crippen molar-refractivity contribution in [3.8, 4) is 11.4 Å². The van der Waals surface area contributed by atoms with Gasteiger partial charge in [0.2, 0.25) is 11.7 Å². The van der Waals surface area contributed by atoms with Gasteiger partial charge in [-0.3, -0.25) is 4.79 Å². The fourth-order valence-electron chi connectivity index (χ4n) is 2.30. The molecule has 0 atom stereocenters. The van der Waals surface area contributed by atoms with Crippen LogP contribution in [0.15, 0.2) is 42.5 Å². The van der Waals surface area contributed by atoms with Crippen LogP contribution >= 0.6 is 11.6 Å². The average molecular weight is 396 g/mol. The van der Waals surface area contributed by atoms with E-state index in [9.17, 15) is 18.0 Å². The first-order valence-corrected chi connectivity index (χ1v) is 8.11. The predicted octanol–water partition coefficient (Wildman–Crippen LogP) is 3.96. The van der Waals surface area contributed by atoms with Crippen molar-refractivity contribution in [2.24, 2.45) is 0 Å². The number of aromatic nitrogens is 4. The lowest BCUT2D eigenvalue weighted by Gasteiger charge is -2.07. The molecule has 0 bridgehead atoms. The molecule has 0 unspecified atom stereocenters. The fraction of sp³-hybridized carbons (Fsp3) is 0.176. The molecule has 0 saturated carbocycles. The first-order valence-electron chi connectivity index (χ1n) is 7.74. The molecule has 0 spiro atoms. The van der Waals surface area contributed by atoms with Gasteiger partial charge in [0, 0.05) is 5.56 Å². The topological polar surface area (TPSA) is 72.7 Å². The Bertz CT molecular complexity index is 987. The first-order chi connectivity index (χ1) is 12.7. The predicted molar refractivity (Wildman–Crippen MR) is 93.1 cm³/mol. The van der Waals surface area contributed by atoms with E-state index in [0.717, 1.165) is 22.5 Å². The molecule has 3 aromatic rings. The van der Waals surface area contributed by atoms with Gasteiger partial charge in [0.25, 0.3) is 0 Å². The average Bonchev–Trinajstić information content (AvgIpc) is 3.05. The van der Waals surface area contributed by atoms with E-state index in [0.29, 0.717) is 10.7 Å². The van der Waals surface area contributed by atoms with Crippen molar-refractivity contribution < 1.29 is 18.0 Å². The van der Waals surface area contributed by atoms with E-state index >= 15 is 0 Å². The number of carbonyl (C=O) groups is 1. The van der Waals surface area contributed by atoms with Crippen LogP contribution in [0.4, 0.5) is 18.9 Å². The molecule has 0 aliphatic carbocycles. The number of anilines is 1. The van der Waals surface area contributed by atoms with Crippen LogP contribution in [-0.4, -0.2) is 26.1 Å². The minimum atomic E-state index is -4.47. The molecule has 2 aromatic carbocycles. The number of amides is 1. The van der Waals surface area contributed by atoms with Crippen LogP contribution in [-0.2, 0) is 17.5 Å². The number of rotatable bonds is 4. The van der Waals surface area contributed by atoms with E-state index in [-0.39, 0.29) is 17.9 Å². The van der Waals surface area contributed by atoms with Gasteiger partial charge in [-0.1, -0.05) is 29.8 Å². The molecule has 3 rings (SSSR count). The normalized spacial score (nSPS) is 11.4. The van der Waals surface area contributed by atoms with Crippen LogP contribution in [0.2, 0.25) is 5.02 Å². The van der Waals surface area contributed by atoms with Crippen molar-refractivity contribution in [3.05, 3.63) is 58.6 Å². The lowest BCUT2D eigenvalue weighted by atomic mass is 10.1. The number of nitrogens with zero attached hydrogens (tertiary/aromatic N) is 4. The lowest BCUT2D eigenvalue weighted by Crippen LogP contribution is -2.20. The van der Waals surface area contributed by atoms with Crippen molar-refractivity contribution in [1.29, 1.82) is 0 Å². The van der Waals surface area contributed by atoms with Gasteiger partial charge < -0.3 is 5.32 Å². The van der Waals surface area contributed by atoms with Crippen LogP contribution in [0, 0.1) is 6.92 Å². The maximum atomic E-state index is 12.8. The standard InChI is InChI=1S/C17H13ClF3N5O/c1-10-5-6-14(13(18)7-10)22-15(27)9-26-24-16(23-25-26)11-3-2-4-12(8-11)17(19,20)21/h2-8H,9H2,1H3,(H,22,27). The molecule has 1 heterocycles. The van der Waals surface area contributed by atoms with Crippen LogP contribution in [0.1, 0.15) is 11.1 Å². The summed E-state index contributed by atoms with van der Waals surface area (Å²) in [6.07, 6.45) is -4.47. The van der Waals surface area contributed by atoms with Crippen LogP contribution in [0.5, 0.6) is 0 Å². The van der Waals surface area contributed by atoms with E-state index in [1.54, 1.807) is 18.2 Å². The second-order valence-corrected chi connectivity index (χ2v) is 6.16. The Labute approximate surface area is 157 Å². The smallest absolute Gasteiger partial charge is 0.323 e. The zero-order chi connectivity index (χ0) is 19.6. The van der Waals surface area contributed by atoms with Gasteiger partial charge in [0.1, 0.15) is 6.54 Å². The van der Waals surface area contributed by atoms with Gasteiger partial charge in [-0.25, -0.2) is 0 Å². The van der Waals surface area contributed by atoms with Crippen molar-refractivity contribution >= 4 is 23.2 Å². The highest BCUT2D eigenvalue weighted by molar-refractivity contribution is 6.33. The van der Waals surface area contributed by atoms with Crippen LogP contribution in [0.25, 0.3) is 11.4 Å². The molecule has 10 heteroatoms. The molecule has 6 nitrogen and oxygen atoms in total. The van der Waals surface area contributed by atoms with Gasteiger partial charge in [-0.15, -0.1) is 10.2 Å². The minimum Gasteiger partial charge on any atom is -0.323 e. The highest BCUT2D eigenvalue weighted by Gasteiger charge is 2.30.